The SMILES string of the molecule is CC(C)N(C)P(OCCC#N)N(C)C(C)C.CC[C@H]1O[C@@H](n2cnc3c(NC(=O)c4ccccc4)ncnc32)[C@H](F)[C@@H]1OP(=O)(CC[C@H]1O[C@@H](n2cnc3c(NC(=O)c4ccccc4)ncnc32)[C@H](F)[C@@H]1O)OCCC#N.CC[C@H]1O[C@@H](n2cnc3c(NC(=O)c4ccccc4)ncnc32)[C@H](F)[C@@H]1OP(=O)(NC[C@H]1O[C@@H](n2cnc3c(NC(=O)c4ccccc4)ncnc32)[C@H](F)[C@@H]1OC(=O)OCCC#N)OCCC#N. The van der Waals surface area contributed by atoms with Crippen molar-refractivity contribution in [3.05, 3.63) is 194 Å². The molecular weight excluding hydrogens is 1960 g/mol. The van der Waals surface area contributed by atoms with Crippen LogP contribution in [0.15, 0.2) is 172 Å². The average molecular weight is 2060 g/mol. The van der Waals surface area contributed by atoms with E-state index in [0.717, 1.165) is 19.0 Å². The number of benzene rings is 4. The third-order valence-electron chi connectivity index (χ3n) is 23.3. The Morgan fingerprint density at radius 1 is 0.448 bits per heavy atom. The summed E-state index contributed by atoms with van der Waals surface area (Å²) in [6.45, 7) is 10.7. The van der Waals surface area contributed by atoms with Gasteiger partial charge < -0.3 is 63.8 Å². The smallest absolute Gasteiger partial charge is 0.433 e. The van der Waals surface area contributed by atoms with Crippen molar-refractivity contribution >= 4 is 122 Å². The van der Waals surface area contributed by atoms with Gasteiger partial charge in [-0.05, 0) is 110 Å². The van der Waals surface area contributed by atoms with Crippen LogP contribution in [-0.2, 0) is 60.2 Å². The Labute approximate surface area is 827 Å². The number of halogens is 4. The summed E-state index contributed by atoms with van der Waals surface area (Å²) in [6.07, 6.45) is -17.8. The first-order chi connectivity index (χ1) is 70.0. The Balaban J connectivity index is 0.000000200. The molecule has 12 aromatic rings. The van der Waals surface area contributed by atoms with E-state index in [1.54, 1.807) is 141 Å². The maximum atomic E-state index is 16.8. The maximum Gasteiger partial charge on any atom is 0.508 e. The van der Waals surface area contributed by atoms with E-state index in [1.807, 2.05) is 12.1 Å². The largest absolute Gasteiger partial charge is 0.508 e. The van der Waals surface area contributed by atoms with E-state index in [-0.39, 0.29) is 120 Å². The number of fused-ring (bicyclic) bond motifs is 4. The van der Waals surface area contributed by atoms with Crippen molar-refractivity contribution in [1.82, 2.24) is 92.5 Å². The minimum absolute atomic E-state index is 0.00281. The number of nitrogens with zero attached hydrogens (tertiary/aromatic N) is 22. The van der Waals surface area contributed by atoms with E-state index in [0.29, 0.717) is 47.4 Å². The van der Waals surface area contributed by atoms with Crippen LogP contribution in [0.1, 0.15) is 153 Å². The number of hydrogen-bond acceptors (Lipinski definition) is 37. The lowest BCUT2D eigenvalue weighted by Crippen LogP contribution is -2.40. The zero-order chi connectivity index (χ0) is 103. The van der Waals surface area contributed by atoms with Crippen LogP contribution in [0.5, 0.6) is 0 Å². The number of aliphatic hydroxyl groups is 1. The lowest BCUT2D eigenvalue weighted by Gasteiger charge is -2.37. The predicted molar refractivity (Wildman–Crippen MR) is 511 cm³/mol. The molecule has 53 heteroatoms. The second kappa shape index (κ2) is 49.7. The van der Waals surface area contributed by atoms with Crippen LogP contribution in [-0.4, -0.2) is 261 Å². The number of aromatic nitrogens is 16. The van der Waals surface area contributed by atoms with Crippen LogP contribution in [0.2, 0.25) is 0 Å². The van der Waals surface area contributed by atoms with Crippen LogP contribution >= 0.6 is 23.8 Å². The molecule has 145 heavy (non-hydrogen) atoms. The monoisotopic (exact) mass is 2060 g/mol. The summed E-state index contributed by atoms with van der Waals surface area (Å²) in [4.78, 5) is 115. The first kappa shape index (κ1) is 107. The van der Waals surface area contributed by atoms with Gasteiger partial charge in [0.15, 0.2) is 132 Å². The first-order valence-electron chi connectivity index (χ1n) is 45.8. The number of rotatable bonds is 40. The molecule has 0 spiro atoms. The van der Waals surface area contributed by atoms with E-state index >= 15 is 17.6 Å². The minimum atomic E-state index is -4.72. The van der Waals surface area contributed by atoms with Crippen molar-refractivity contribution in [3.63, 3.8) is 0 Å². The number of imidazole rings is 4. The Bertz CT molecular complexity index is 6740. The second-order valence-corrected chi connectivity index (χ2v) is 39.3. The van der Waals surface area contributed by atoms with Gasteiger partial charge in [-0.3, -0.25) is 55.6 Å². The fraction of sp³-hybridized carbons (Fsp3) is 0.424. The number of hydrogen-bond donors (Lipinski definition) is 6. The Hall–Kier alpha value is -13.7. The van der Waals surface area contributed by atoms with E-state index in [9.17, 15) is 48.7 Å². The van der Waals surface area contributed by atoms with E-state index < -0.39 is 171 Å². The van der Waals surface area contributed by atoms with Crippen LogP contribution in [0, 0.1) is 45.3 Å². The zero-order valence-electron chi connectivity index (χ0n) is 79.2. The second-order valence-electron chi connectivity index (χ2n) is 33.3. The standard InChI is InChI=1S/C42H40F2N13O10P.C39H38F2N11O8P.C11H24N3OP/c1-2-26-33(29(44)41(64-26)57-23-52-31-35(48-21-50-37(31)57)55-39(59)25-13-7-4-8-14-25)67-68(61,63-18-10-16-46)53-19-27-32(66-42(60)62-17-9-15-45)28(43)40(65-27)56-22-51-30-34(47-20-49-36(30)56)54-38(58)24-11-5-3-6-12-24;1-2-24-31(27(41)39(58-24)52-21-48-29-33(44-19-46-35(29)52)50-37(55)23-12-7-4-8-13-23)60-61(56,57-16-9-15-42)17-14-25-30(53)26(40)38(59-25)51-20-47-28-32(43-18-45-34(28)51)49-36(54)22-10-5-3-6-11-22;1-10(2)13(5)16(14(6)11(3)4)15-9-7-8-12/h3-8,11-14,20-23,26-29,32-33,40-41H,2,9-10,17-19H2,1H3,(H,53,61)(H,47,49,54,58)(H,48,50,55,59);3-8,10-13,18-21,24-27,30-31,38-39,53H,2,9,14,16-17H2,1H3,(H,43,45,49,54)(H,44,46,50,55);10-11H,7,9H2,1-6H3/t26-,27-,28-,29-,32-,33-,40-,41-,68?;24-,25-,26-,27-,30-,31-,38-,39-,61?;/m11./s1. The molecule has 4 fully saturated rings. The van der Waals surface area contributed by atoms with Crippen LogP contribution in [0.4, 0.5) is 45.6 Å². The molecule has 46 nitrogen and oxygen atoms in total. The van der Waals surface area contributed by atoms with Gasteiger partial charge in [-0.25, -0.2) is 101 Å². The Kier molecular flexibility index (Phi) is 36.7. The van der Waals surface area contributed by atoms with Crippen molar-refractivity contribution in [3.8, 4) is 24.3 Å². The van der Waals surface area contributed by atoms with Gasteiger partial charge >= 0.3 is 21.5 Å². The highest BCUT2D eigenvalue weighted by atomic mass is 31.2. The molecular formula is C92H102F4N27O19P3. The van der Waals surface area contributed by atoms with Crippen LogP contribution in [0.25, 0.3) is 44.7 Å². The van der Waals surface area contributed by atoms with E-state index in [2.05, 4.69) is 143 Å². The molecule has 4 aromatic carbocycles. The highest BCUT2D eigenvalue weighted by Gasteiger charge is 2.55. The summed E-state index contributed by atoms with van der Waals surface area (Å²) in [5, 5.41) is 60.2. The Morgan fingerprint density at radius 3 is 1.14 bits per heavy atom. The normalized spacial score (nSPS) is 22.6. The molecule has 8 aromatic heterocycles. The van der Waals surface area contributed by atoms with E-state index in [4.69, 9.17) is 61.6 Å². The fourth-order valence-electron chi connectivity index (χ4n) is 15.6. The van der Waals surface area contributed by atoms with Crippen LogP contribution < -0.4 is 26.4 Å². The Morgan fingerprint density at radius 2 is 0.779 bits per heavy atom. The van der Waals surface area contributed by atoms with Gasteiger partial charge in [-0.15, -0.1) is 0 Å². The third-order valence-corrected chi connectivity index (χ3v) is 29.3. The number of nitriles is 4. The van der Waals surface area contributed by atoms with Crippen molar-refractivity contribution < 1.29 is 107 Å². The average Bonchev–Trinajstić information content (AvgIpc) is 1.55. The maximum absolute atomic E-state index is 16.8. The van der Waals surface area contributed by atoms with Crippen molar-refractivity contribution in [2.24, 2.45) is 0 Å². The molecule has 0 aliphatic carbocycles. The number of nitrogens with one attached hydrogen (secondary N) is 5. The van der Waals surface area contributed by atoms with Crippen molar-refractivity contribution in [2.75, 3.05) is 74.5 Å². The predicted octanol–water partition coefficient (Wildman–Crippen LogP) is 13.6. The molecule has 2 unspecified atom stereocenters. The van der Waals surface area contributed by atoms with Crippen LogP contribution in [0.3, 0.4) is 0 Å². The molecule has 4 amide bonds. The summed E-state index contributed by atoms with van der Waals surface area (Å²) < 4.78 is 168. The number of carbonyl (C=O) groups excluding carboxylic acids is 5. The molecule has 12 heterocycles. The lowest BCUT2D eigenvalue weighted by atomic mass is 10.1. The number of aliphatic hydroxyl groups excluding tert-OH is 1. The molecule has 18 atom stereocenters. The number of alkyl halides is 4. The molecule has 762 valence electrons. The zero-order valence-corrected chi connectivity index (χ0v) is 81.9. The lowest BCUT2D eigenvalue weighted by molar-refractivity contribution is -0.0328. The van der Waals surface area contributed by atoms with Gasteiger partial charge in [0.25, 0.3) is 23.6 Å². The molecule has 4 aliphatic rings. The molecule has 0 saturated carbocycles. The fourth-order valence-corrected chi connectivity index (χ4v) is 20.8. The quantitative estimate of drug-likeness (QED) is 0.00899. The molecule has 0 radical (unpaired) electrons. The topological polar surface area (TPSA) is 577 Å². The summed E-state index contributed by atoms with van der Waals surface area (Å²) in [5.74, 6) is -1.68. The van der Waals surface area contributed by atoms with Gasteiger partial charge in [0, 0.05) is 40.9 Å². The number of carbonyl (C=O) groups is 5. The number of ether oxygens (including phenoxy) is 6. The van der Waals surface area contributed by atoms with Crippen molar-refractivity contribution in [1.29, 1.82) is 21.0 Å². The molecule has 4 saturated heterocycles. The van der Waals surface area contributed by atoms with Gasteiger partial charge in [0.1, 0.15) is 56.3 Å². The highest BCUT2D eigenvalue weighted by molar-refractivity contribution is 7.53. The van der Waals surface area contributed by atoms with Gasteiger partial charge in [-0.2, -0.15) is 21.0 Å². The summed E-state index contributed by atoms with van der Waals surface area (Å²) in [5.41, 5.74) is 2.26. The van der Waals surface area contributed by atoms with E-state index in [1.165, 1.54) is 49.9 Å². The highest BCUT2D eigenvalue weighted by Crippen LogP contribution is 2.56. The summed E-state index contributed by atoms with van der Waals surface area (Å²) >= 11 is 0. The van der Waals surface area contributed by atoms with Gasteiger partial charge in [0.2, 0.25) is 0 Å². The number of amides is 4. The molecule has 6 N–H and O–H groups in total. The molecule has 4 aliphatic heterocycles. The summed E-state index contributed by atoms with van der Waals surface area (Å²) in [7, 11) is -5.65. The van der Waals surface area contributed by atoms with Crippen molar-refractivity contribution in [2.45, 2.75) is 197 Å². The third kappa shape index (κ3) is 25.4. The first-order valence-corrected chi connectivity index (χ1v) is 50.3. The minimum Gasteiger partial charge on any atom is -0.433 e. The summed E-state index contributed by atoms with van der Waals surface area (Å²) in [6, 6.07) is 42.0. The molecule has 16 rings (SSSR count). The molecule has 0 bridgehead atoms. The number of anilines is 4. The van der Waals surface area contributed by atoms with Gasteiger partial charge in [-0.1, -0.05) is 86.6 Å². The van der Waals surface area contributed by atoms with Gasteiger partial charge in [0.05, 0.1) is 120 Å².